The number of carbonyl (C=O) groups excluding carboxylic acids is 1. The maximum Gasteiger partial charge on any atom is 0.356 e. The van der Waals surface area contributed by atoms with Crippen molar-refractivity contribution < 1.29 is 14.3 Å². The highest BCUT2D eigenvalue weighted by atomic mass is 35.5. The van der Waals surface area contributed by atoms with E-state index >= 15 is 0 Å². The molecule has 1 aromatic heterocycles. The van der Waals surface area contributed by atoms with Crippen molar-refractivity contribution in [2.75, 3.05) is 25.4 Å². The Morgan fingerprint density at radius 3 is 2.59 bits per heavy atom. The first-order chi connectivity index (χ1) is 14.0. The van der Waals surface area contributed by atoms with Gasteiger partial charge in [0.05, 0.1) is 23.1 Å². The summed E-state index contributed by atoms with van der Waals surface area (Å²) in [5.74, 6) is 0.556. The molecule has 4 rings (SSSR count). The molecule has 0 unspecified atom stereocenters. The summed E-state index contributed by atoms with van der Waals surface area (Å²) in [5.41, 5.74) is 9.08. The van der Waals surface area contributed by atoms with Gasteiger partial charge in [0.15, 0.2) is 5.78 Å². The third-order valence-corrected chi connectivity index (χ3v) is 6.55. The number of hydrogen-bond acceptors (Lipinski definition) is 2. The lowest BCUT2D eigenvalue weighted by Gasteiger charge is -2.22. The Bertz CT molecular complexity index is 1040. The Morgan fingerprint density at radius 1 is 1.07 bits per heavy atom. The second kappa shape index (κ2) is 8.74. The molecule has 2 heterocycles. The van der Waals surface area contributed by atoms with Gasteiger partial charge in [0.2, 0.25) is 0 Å². The average molecular weight is 433 g/mol. The van der Waals surface area contributed by atoms with Gasteiger partial charge in [-0.2, -0.15) is 0 Å². The van der Waals surface area contributed by atoms with Gasteiger partial charge < -0.3 is 4.90 Å². The van der Waals surface area contributed by atoms with Crippen LogP contribution in [0.15, 0.2) is 42.5 Å². The fourth-order valence-corrected chi connectivity index (χ4v) is 4.49. The highest BCUT2D eigenvalue weighted by Crippen LogP contribution is 2.23. The van der Waals surface area contributed by atoms with E-state index in [1.54, 1.807) is 23.1 Å². The van der Waals surface area contributed by atoms with E-state index in [4.69, 9.17) is 28.9 Å². The van der Waals surface area contributed by atoms with E-state index in [1.807, 2.05) is 22.8 Å². The zero-order valence-corrected chi connectivity index (χ0v) is 17.8. The zero-order chi connectivity index (χ0) is 20.4. The number of nitrogens with two attached hydrogens (primary N) is 1. The minimum Gasteiger partial charge on any atom is -0.332 e. The molecule has 7 heteroatoms. The normalized spacial score (nSPS) is 15.1. The number of hydrogen-bond donors (Lipinski definition) is 2. The number of ketones is 1. The molecule has 0 amide bonds. The molecular weight excluding hydrogens is 407 g/mol. The summed E-state index contributed by atoms with van der Waals surface area (Å²) in [4.78, 5) is 14.5. The molecule has 0 aliphatic carbocycles. The fourth-order valence-electron chi connectivity index (χ4n) is 4.19. The second-order valence-corrected chi connectivity index (χ2v) is 8.51. The quantitative estimate of drug-likeness (QED) is 0.464. The van der Waals surface area contributed by atoms with E-state index in [0.29, 0.717) is 21.6 Å². The van der Waals surface area contributed by atoms with Crippen molar-refractivity contribution in [3.8, 4) is 0 Å². The Kier molecular flexibility index (Phi) is 6.09. The number of rotatable bonds is 6. The first kappa shape index (κ1) is 20.2. The number of halogens is 2. The maximum absolute atomic E-state index is 12.9. The summed E-state index contributed by atoms with van der Waals surface area (Å²) in [6.45, 7) is 4.51. The molecule has 1 fully saturated rings. The number of nitrogens with one attached hydrogen (secondary N) is 1. The molecule has 0 bridgehead atoms. The molecule has 0 saturated carbocycles. The maximum atomic E-state index is 12.9. The van der Waals surface area contributed by atoms with E-state index in [9.17, 15) is 4.79 Å². The van der Waals surface area contributed by atoms with Crippen molar-refractivity contribution in [2.45, 2.75) is 32.4 Å². The lowest BCUT2D eigenvalue weighted by Crippen LogP contribution is -3.13. The first-order valence-corrected chi connectivity index (χ1v) is 10.9. The van der Waals surface area contributed by atoms with Gasteiger partial charge in [-0.15, -0.1) is 0 Å². The van der Waals surface area contributed by atoms with Crippen molar-refractivity contribution in [3.63, 3.8) is 0 Å². The Balaban J connectivity index is 1.61. The molecule has 2 aromatic carbocycles. The van der Waals surface area contributed by atoms with Crippen molar-refractivity contribution in [3.05, 3.63) is 58.1 Å². The van der Waals surface area contributed by atoms with Crippen LogP contribution >= 0.6 is 23.2 Å². The number of nitrogens with zero attached hydrogens (tertiary/aromatic N) is 2. The van der Waals surface area contributed by atoms with Crippen LogP contribution in [0.4, 0.5) is 5.95 Å². The predicted molar refractivity (Wildman–Crippen MR) is 117 cm³/mol. The second-order valence-electron chi connectivity index (χ2n) is 7.70. The minimum atomic E-state index is -0.0511. The van der Waals surface area contributed by atoms with Crippen LogP contribution in [0.25, 0.3) is 11.0 Å². The number of quaternary nitrogens is 1. The number of anilines is 1. The molecule has 5 nitrogen and oxygen atoms in total. The van der Waals surface area contributed by atoms with Crippen LogP contribution in [0.3, 0.4) is 0 Å². The number of likely N-dealkylation sites (tertiary alicyclic amines) is 1. The molecule has 0 radical (unpaired) electrons. The lowest BCUT2D eigenvalue weighted by atomic mass is 10.1. The van der Waals surface area contributed by atoms with Gasteiger partial charge in [-0.05, 0) is 49.6 Å². The Morgan fingerprint density at radius 2 is 1.83 bits per heavy atom. The van der Waals surface area contributed by atoms with E-state index < -0.39 is 0 Å². The molecule has 0 atom stereocenters. The SMILES string of the molecule is Nc1n(CC[NH+]2CCCCC2)c2ccccc2[n+]1CC(=O)c1ccc(Cl)c(Cl)c1. The van der Waals surface area contributed by atoms with Crippen LogP contribution in [0.2, 0.25) is 10.0 Å². The van der Waals surface area contributed by atoms with Crippen molar-refractivity contribution >= 4 is 46.0 Å². The van der Waals surface area contributed by atoms with Gasteiger partial charge in [-0.3, -0.25) is 10.5 Å². The summed E-state index contributed by atoms with van der Waals surface area (Å²) in [6.07, 6.45) is 3.94. The molecular formula is C22H26Cl2N4O+2. The first-order valence-electron chi connectivity index (χ1n) is 10.1. The number of aromatic nitrogens is 2. The number of fused-ring (bicyclic) bond motifs is 1. The summed E-state index contributed by atoms with van der Waals surface area (Å²) < 4.78 is 4.03. The topological polar surface area (TPSA) is 56.3 Å². The van der Waals surface area contributed by atoms with Gasteiger partial charge in [0, 0.05) is 5.56 Å². The van der Waals surface area contributed by atoms with E-state index in [2.05, 4.69) is 10.6 Å². The molecule has 1 aliphatic heterocycles. The molecule has 29 heavy (non-hydrogen) atoms. The largest absolute Gasteiger partial charge is 0.356 e. The van der Waals surface area contributed by atoms with Crippen LogP contribution in [-0.2, 0) is 13.1 Å². The molecule has 3 aromatic rings. The number of benzene rings is 2. The third-order valence-electron chi connectivity index (χ3n) is 5.81. The lowest BCUT2D eigenvalue weighted by molar-refractivity contribution is -0.905. The molecule has 0 spiro atoms. The van der Waals surface area contributed by atoms with Gasteiger partial charge in [-0.25, -0.2) is 9.13 Å². The number of piperidine rings is 1. The zero-order valence-electron chi connectivity index (χ0n) is 16.3. The van der Waals surface area contributed by atoms with Crippen LogP contribution in [0, 0.1) is 0 Å². The van der Waals surface area contributed by atoms with Crippen LogP contribution in [-0.4, -0.2) is 30.0 Å². The van der Waals surface area contributed by atoms with Crippen molar-refractivity contribution in [1.82, 2.24) is 4.57 Å². The number of imidazole rings is 1. The molecule has 3 N–H and O–H groups in total. The number of para-hydroxylation sites is 2. The van der Waals surface area contributed by atoms with Gasteiger partial charge in [0.25, 0.3) is 0 Å². The Labute approximate surface area is 180 Å². The highest BCUT2D eigenvalue weighted by molar-refractivity contribution is 6.42. The monoisotopic (exact) mass is 432 g/mol. The predicted octanol–water partition coefficient (Wildman–Crippen LogP) is 2.77. The smallest absolute Gasteiger partial charge is 0.332 e. The number of Topliss-reactive ketones (excluding diaryl/α,β-unsaturated/α-hetero) is 1. The minimum absolute atomic E-state index is 0.0511. The van der Waals surface area contributed by atoms with Crippen LogP contribution in [0.5, 0.6) is 0 Å². The third kappa shape index (κ3) is 4.27. The highest BCUT2D eigenvalue weighted by Gasteiger charge is 2.24. The van der Waals surface area contributed by atoms with E-state index in [0.717, 1.165) is 24.1 Å². The van der Waals surface area contributed by atoms with E-state index in [-0.39, 0.29) is 12.3 Å². The molecule has 1 aliphatic rings. The van der Waals surface area contributed by atoms with Crippen molar-refractivity contribution in [2.24, 2.45) is 0 Å². The van der Waals surface area contributed by atoms with Gasteiger partial charge >= 0.3 is 5.95 Å². The number of nitrogen functional groups attached to an aromatic ring is 1. The average Bonchev–Trinajstić information content (AvgIpc) is 3.00. The van der Waals surface area contributed by atoms with Gasteiger partial charge in [0.1, 0.15) is 30.7 Å². The van der Waals surface area contributed by atoms with Crippen LogP contribution in [0.1, 0.15) is 29.6 Å². The van der Waals surface area contributed by atoms with Crippen molar-refractivity contribution in [1.29, 1.82) is 0 Å². The summed E-state index contributed by atoms with van der Waals surface area (Å²) in [6, 6.07) is 13.0. The summed E-state index contributed by atoms with van der Waals surface area (Å²) in [5, 5.41) is 0.814. The number of carbonyl (C=O) groups is 1. The van der Waals surface area contributed by atoms with Gasteiger partial charge in [-0.1, -0.05) is 35.3 Å². The molecule has 1 saturated heterocycles. The van der Waals surface area contributed by atoms with E-state index in [1.165, 1.54) is 32.4 Å². The summed E-state index contributed by atoms with van der Waals surface area (Å²) >= 11 is 12.1. The molecule has 152 valence electrons. The fraction of sp³-hybridized carbons (Fsp3) is 0.364. The summed E-state index contributed by atoms with van der Waals surface area (Å²) in [7, 11) is 0. The Hall–Kier alpha value is -2.08. The standard InChI is InChI=1S/C22H24Cl2N4O/c23-17-9-8-16(14-18(17)24)21(29)15-28-20-7-3-2-6-19(20)27(22(28)25)13-12-26-10-4-1-5-11-26/h2-3,6-9,14,25H,1,4-5,10-13,15H2/p+2. The van der Waals surface area contributed by atoms with Crippen LogP contribution < -0.4 is 15.2 Å².